The molecule has 1 aromatic rings. The van der Waals surface area contributed by atoms with Crippen molar-refractivity contribution in [3.8, 4) is 0 Å². The average Bonchev–Trinajstić information content (AvgIpc) is 2.83. The minimum absolute atomic E-state index is 0.0130. The molecule has 1 N–H and O–H groups in total. The molecular formula is C14H22N2O2. The maximum Gasteiger partial charge on any atom is 0.289 e. The molecule has 0 spiro atoms. The summed E-state index contributed by atoms with van der Waals surface area (Å²) in [5, 5.41) is 3.44. The van der Waals surface area contributed by atoms with Gasteiger partial charge in [-0.3, -0.25) is 4.79 Å². The molecule has 100 valence electrons. The maximum atomic E-state index is 12.4. The lowest BCUT2D eigenvalue weighted by atomic mass is 9.99. The predicted molar refractivity (Wildman–Crippen MR) is 70.5 cm³/mol. The third-order valence-corrected chi connectivity index (χ3v) is 3.35. The Morgan fingerprint density at radius 2 is 2.39 bits per heavy atom. The summed E-state index contributed by atoms with van der Waals surface area (Å²) in [6, 6.07) is 4.10. The first-order valence-corrected chi connectivity index (χ1v) is 6.65. The second-order valence-corrected chi connectivity index (χ2v) is 5.53. The summed E-state index contributed by atoms with van der Waals surface area (Å²) in [6.07, 6.45) is 2.57. The standard InChI is InChI=1S/C14H22N2O2/c1-10(2)7-12-8-15-11(3)9-16(12)14(17)13-5-4-6-18-13/h4-6,10-12,15H,7-9H2,1-3H3. The van der Waals surface area contributed by atoms with Gasteiger partial charge in [0.05, 0.1) is 6.26 Å². The Morgan fingerprint density at radius 1 is 1.61 bits per heavy atom. The van der Waals surface area contributed by atoms with Crippen molar-refractivity contribution in [1.29, 1.82) is 0 Å². The van der Waals surface area contributed by atoms with E-state index in [0.717, 1.165) is 19.5 Å². The van der Waals surface area contributed by atoms with Crippen molar-refractivity contribution in [3.05, 3.63) is 24.2 Å². The number of hydrogen-bond donors (Lipinski definition) is 1. The number of nitrogens with zero attached hydrogens (tertiary/aromatic N) is 1. The summed E-state index contributed by atoms with van der Waals surface area (Å²) in [7, 11) is 0. The molecule has 1 saturated heterocycles. The molecule has 2 rings (SSSR count). The number of rotatable bonds is 3. The molecule has 0 aliphatic carbocycles. The van der Waals surface area contributed by atoms with Gasteiger partial charge in [0.15, 0.2) is 5.76 Å². The van der Waals surface area contributed by atoms with Gasteiger partial charge in [0.2, 0.25) is 0 Å². The molecule has 4 nitrogen and oxygen atoms in total. The Balaban J connectivity index is 2.12. The highest BCUT2D eigenvalue weighted by atomic mass is 16.3. The van der Waals surface area contributed by atoms with Crippen LogP contribution in [0.1, 0.15) is 37.7 Å². The monoisotopic (exact) mass is 250 g/mol. The van der Waals surface area contributed by atoms with E-state index in [1.807, 2.05) is 4.90 Å². The van der Waals surface area contributed by atoms with Crippen molar-refractivity contribution >= 4 is 5.91 Å². The van der Waals surface area contributed by atoms with Crippen molar-refractivity contribution in [2.24, 2.45) is 5.92 Å². The number of amides is 1. The Hall–Kier alpha value is -1.29. The quantitative estimate of drug-likeness (QED) is 0.894. The van der Waals surface area contributed by atoms with Gasteiger partial charge in [0, 0.05) is 25.2 Å². The first-order chi connectivity index (χ1) is 8.58. The Kier molecular flexibility index (Phi) is 4.07. The number of hydrogen-bond acceptors (Lipinski definition) is 3. The summed E-state index contributed by atoms with van der Waals surface area (Å²) in [5.41, 5.74) is 0. The van der Waals surface area contributed by atoms with Crippen molar-refractivity contribution in [2.45, 2.75) is 39.3 Å². The zero-order valence-corrected chi connectivity index (χ0v) is 11.3. The topological polar surface area (TPSA) is 45.5 Å². The van der Waals surface area contributed by atoms with Crippen molar-refractivity contribution < 1.29 is 9.21 Å². The lowest BCUT2D eigenvalue weighted by Gasteiger charge is -2.39. The maximum absolute atomic E-state index is 12.4. The average molecular weight is 250 g/mol. The molecule has 1 amide bonds. The van der Waals surface area contributed by atoms with Crippen LogP contribution in [0.3, 0.4) is 0 Å². The molecular weight excluding hydrogens is 228 g/mol. The normalized spacial score (nSPS) is 24.6. The highest BCUT2D eigenvalue weighted by Crippen LogP contribution is 2.18. The number of furan rings is 1. The van der Waals surface area contributed by atoms with E-state index in [9.17, 15) is 4.79 Å². The number of carbonyl (C=O) groups excluding carboxylic acids is 1. The van der Waals surface area contributed by atoms with Gasteiger partial charge >= 0.3 is 0 Å². The van der Waals surface area contributed by atoms with Crippen molar-refractivity contribution in [2.75, 3.05) is 13.1 Å². The minimum Gasteiger partial charge on any atom is -0.459 e. The lowest BCUT2D eigenvalue weighted by Crippen LogP contribution is -2.57. The van der Waals surface area contributed by atoms with E-state index in [0.29, 0.717) is 17.7 Å². The van der Waals surface area contributed by atoms with Gasteiger partial charge in [0.1, 0.15) is 0 Å². The van der Waals surface area contributed by atoms with Gasteiger partial charge in [-0.15, -0.1) is 0 Å². The van der Waals surface area contributed by atoms with Gasteiger partial charge in [-0.25, -0.2) is 0 Å². The summed E-state index contributed by atoms with van der Waals surface area (Å²) in [5.74, 6) is 1.04. The van der Waals surface area contributed by atoms with Crippen LogP contribution < -0.4 is 5.32 Å². The second-order valence-electron chi connectivity index (χ2n) is 5.53. The summed E-state index contributed by atoms with van der Waals surface area (Å²) < 4.78 is 5.23. The van der Waals surface area contributed by atoms with E-state index in [-0.39, 0.29) is 11.9 Å². The molecule has 4 heteroatoms. The lowest BCUT2D eigenvalue weighted by molar-refractivity contribution is 0.0532. The molecule has 0 aromatic carbocycles. The van der Waals surface area contributed by atoms with E-state index in [4.69, 9.17) is 4.42 Å². The number of piperazine rings is 1. The summed E-state index contributed by atoms with van der Waals surface area (Å²) in [6.45, 7) is 8.10. The predicted octanol–water partition coefficient (Wildman–Crippen LogP) is 2.13. The fraction of sp³-hybridized carbons (Fsp3) is 0.643. The summed E-state index contributed by atoms with van der Waals surface area (Å²) in [4.78, 5) is 14.4. The molecule has 1 aliphatic rings. The molecule has 0 saturated carbocycles. The third kappa shape index (κ3) is 2.93. The van der Waals surface area contributed by atoms with Crippen molar-refractivity contribution in [3.63, 3.8) is 0 Å². The molecule has 0 radical (unpaired) electrons. The highest BCUT2D eigenvalue weighted by Gasteiger charge is 2.31. The first kappa shape index (κ1) is 13.1. The van der Waals surface area contributed by atoms with Crippen LogP contribution in [0.15, 0.2) is 22.8 Å². The van der Waals surface area contributed by atoms with Gasteiger partial charge in [-0.1, -0.05) is 13.8 Å². The molecule has 2 unspecified atom stereocenters. The SMILES string of the molecule is CC(C)CC1CNC(C)CN1C(=O)c1ccco1. The molecule has 1 aromatic heterocycles. The van der Waals surface area contributed by atoms with Crippen molar-refractivity contribution in [1.82, 2.24) is 10.2 Å². The highest BCUT2D eigenvalue weighted by molar-refractivity contribution is 5.91. The second kappa shape index (κ2) is 5.57. The van der Waals surface area contributed by atoms with Gasteiger partial charge in [-0.05, 0) is 31.4 Å². The van der Waals surface area contributed by atoms with E-state index in [1.54, 1.807) is 18.4 Å². The molecule has 1 aliphatic heterocycles. The van der Waals surface area contributed by atoms with Crippen LogP contribution in [0.4, 0.5) is 0 Å². The number of nitrogens with one attached hydrogen (secondary N) is 1. The zero-order chi connectivity index (χ0) is 13.1. The third-order valence-electron chi connectivity index (χ3n) is 3.35. The zero-order valence-electron chi connectivity index (χ0n) is 11.3. The fourth-order valence-corrected chi connectivity index (χ4v) is 2.50. The van der Waals surface area contributed by atoms with E-state index < -0.39 is 0 Å². The van der Waals surface area contributed by atoms with Crippen LogP contribution in [0, 0.1) is 5.92 Å². The van der Waals surface area contributed by atoms with E-state index in [2.05, 4.69) is 26.1 Å². The Morgan fingerprint density at radius 3 is 3.00 bits per heavy atom. The summed E-state index contributed by atoms with van der Waals surface area (Å²) >= 11 is 0. The van der Waals surface area contributed by atoms with Crippen LogP contribution in [0.25, 0.3) is 0 Å². The van der Waals surface area contributed by atoms with E-state index in [1.165, 1.54) is 0 Å². The van der Waals surface area contributed by atoms with Crippen LogP contribution >= 0.6 is 0 Å². The molecule has 18 heavy (non-hydrogen) atoms. The van der Waals surface area contributed by atoms with Crippen LogP contribution in [-0.4, -0.2) is 36.0 Å². The van der Waals surface area contributed by atoms with Crippen LogP contribution in [0.2, 0.25) is 0 Å². The fourth-order valence-electron chi connectivity index (χ4n) is 2.50. The van der Waals surface area contributed by atoms with Gasteiger partial charge in [-0.2, -0.15) is 0 Å². The van der Waals surface area contributed by atoms with Gasteiger partial charge in [0.25, 0.3) is 5.91 Å². The molecule has 2 atom stereocenters. The van der Waals surface area contributed by atoms with Gasteiger partial charge < -0.3 is 14.6 Å². The first-order valence-electron chi connectivity index (χ1n) is 6.65. The largest absolute Gasteiger partial charge is 0.459 e. The van der Waals surface area contributed by atoms with Crippen LogP contribution in [-0.2, 0) is 0 Å². The smallest absolute Gasteiger partial charge is 0.289 e. The minimum atomic E-state index is 0.0130. The Bertz CT molecular complexity index is 387. The van der Waals surface area contributed by atoms with Crippen LogP contribution in [0.5, 0.6) is 0 Å². The van der Waals surface area contributed by atoms with E-state index >= 15 is 0 Å². The molecule has 0 bridgehead atoms. The Labute approximate surface area is 108 Å². The molecule has 1 fully saturated rings. The molecule has 2 heterocycles. The number of carbonyl (C=O) groups is 1.